The van der Waals surface area contributed by atoms with Gasteiger partial charge in [-0.15, -0.1) is 5.10 Å². The third-order valence-corrected chi connectivity index (χ3v) is 5.07. The highest BCUT2D eigenvalue weighted by molar-refractivity contribution is 6.35. The van der Waals surface area contributed by atoms with Crippen molar-refractivity contribution >= 4 is 40.7 Å². The number of nitriles is 2. The SMILES string of the molecule is COc1cc(C(=O)Nc2c(Cl)cc(C#N)cc2C(=O)NC(C)(C)C#N)n(-c2ncccc2Cl)n1. The van der Waals surface area contributed by atoms with Crippen molar-refractivity contribution in [3.8, 4) is 23.8 Å². The topological polar surface area (TPSA) is 146 Å². The monoisotopic (exact) mass is 497 g/mol. The number of amides is 2. The van der Waals surface area contributed by atoms with Crippen molar-refractivity contribution in [1.29, 1.82) is 10.5 Å². The second-order valence-electron chi connectivity index (χ2n) is 7.43. The predicted octanol–water partition coefficient (Wildman–Crippen LogP) is 3.74. The number of methoxy groups -OCH3 is 1. The van der Waals surface area contributed by atoms with Crippen LogP contribution in [0.15, 0.2) is 36.5 Å². The van der Waals surface area contributed by atoms with Crippen molar-refractivity contribution in [3.05, 3.63) is 63.4 Å². The number of anilines is 1. The Bertz CT molecular complexity index is 1370. The molecule has 2 N–H and O–H groups in total. The van der Waals surface area contributed by atoms with Crippen LogP contribution in [0.3, 0.4) is 0 Å². The Morgan fingerprint density at radius 2 is 1.88 bits per heavy atom. The third-order valence-electron chi connectivity index (χ3n) is 4.48. The summed E-state index contributed by atoms with van der Waals surface area (Å²) in [5.41, 5.74) is -1.29. The molecule has 0 unspecified atom stereocenters. The first-order valence-corrected chi connectivity index (χ1v) is 10.4. The maximum atomic E-state index is 13.3. The van der Waals surface area contributed by atoms with E-state index in [2.05, 4.69) is 20.7 Å². The number of nitrogens with zero attached hydrogens (tertiary/aromatic N) is 5. The number of carbonyl (C=O) groups excluding carboxylic acids is 2. The van der Waals surface area contributed by atoms with E-state index in [0.29, 0.717) is 0 Å². The number of hydrogen-bond donors (Lipinski definition) is 2. The Kier molecular flexibility index (Phi) is 7.06. The van der Waals surface area contributed by atoms with Crippen LogP contribution >= 0.6 is 23.2 Å². The van der Waals surface area contributed by atoms with Crippen LogP contribution in [0.2, 0.25) is 10.0 Å². The number of nitrogens with one attached hydrogen (secondary N) is 2. The molecule has 3 rings (SSSR count). The molecule has 34 heavy (non-hydrogen) atoms. The molecule has 10 nitrogen and oxygen atoms in total. The Balaban J connectivity index is 2.07. The molecule has 0 fully saturated rings. The highest BCUT2D eigenvalue weighted by Gasteiger charge is 2.26. The zero-order valence-corrected chi connectivity index (χ0v) is 19.7. The molecule has 2 heterocycles. The normalized spacial score (nSPS) is 10.7. The van der Waals surface area contributed by atoms with Crippen molar-refractivity contribution in [2.75, 3.05) is 12.4 Å². The van der Waals surface area contributed by atoms with Crippen LogP contribution in [0.25, 0.3) is 5.82 Å². The number of ether oxygens (including phenoxy) is 1. The van der Waals surface area contributed by atoms with Gasteiger partial charge in [-0.1, -0.05) is 23.2 Å². The van der Waals surface area contributed by atoms with E-state index in [1.165, 1.54) is 50.0 Å². The molecule has 172 valence electrons. The summed E-state index contributed by atoms with van der Waals surface area (Å²) in [6.07, 6.45) is 1.48. The van der Waals surface area contributed by atoms with E-state index in [0.717, 1.165) is 0 Å². The van der Waals surface area contributed by atoms with Crippen LogP contribution in [-0.4, -0.2) is 39.2 Å². The molecule has 0 aliphatic rings. The van der Waals surface area contributed by atoms with Crippen molar-refractivity contribution in [1.82, 2.24) is 20.1 Å². The molecule has 12 heteroatoms. The summed E-state index contributed by atoms with van der Waals surface area (Å²) < 4.78 is 6.33. The average molecular weight is 498 g/mol. The first-order chi connectivity index (χ1) is 16.1. The van der Waals surface area contributed by atoms with Crippen molar-refractivity contribution < 1.29 is 14.3 Å². The molecule has 0 spiro atoms. The number of aromatic nitrogens is 3. The molecule has 0 bridgehead atoms. The standard InChI is InChI=1S/C22H17Cl2N7O3/c1-22(2,11-26)29-20(32)13-7-12(10-25)8-15(24)18(13)28-21(33)16-9-17(34-3)30-31(16)19-14(23)5-4-6-27-19/h4-9H,1-3H3,(H,28,33)(H,29,32). The molecule has 0 saturated carbocycles. The zero-order valence-electron chi connectivity index (χ0n) is 18.2. The number of halogens is 2. The van der Waals surface area contributed by atoms with Gasteiger partial charge < -0.3 is 15.4 Å². The molecule has 0 radical (unpaired) electrons. The maximum absolute atomic E-state index is 13.3. The van der Waals surface area contributed by atoms with Gasteiger partial charge in [-0.25, -0.2) is 9.67 Å². The van der Waals surface area contributed by atoms with Gasteiger partial charge in [0.05, 0.1) is 46.1 Å². The molecule has 3 aromatic rings. The Morgan fingerprint density at radius 1 is 1.15 bits per heavy atom. The number of benzene rings is 1. The van der Waals surface area contributed by atoms with Crippen LogP contribution in [-0.2, 0) is 0 Å². The summed E-state index contributed by atoms with van der Waals surface area (Å²) in [7, 11) is 1.38. The average Bonchev–Trinajstić information content (AvgIpc) is 3.24. The summed E-state index contributed by atoms with van der Waals surface area (Å²) in [4.78, 5) is 30.3. The molecule has 1 aromatic carbocycles. The van der Waals surface area contributed by atoms with E-state index >= 15 is 0 Å². The summed E-state index contributed by atoms with van der Waals surface area (Å²) in [6, 6.07) is 11.0. The fourth-order valence-corrected chi connectivity index (χ4v) is 3.32. The number of carbonyl (C=O) groups is 2. The van der Waals surface area contributed by atoms with E-state index in [4.69, 9.17) is 27.9 Å². The van der Waals surface area contributed by atoms with E-state index in [1.807, 2.05) is 12.1 Å². The number of pyridine rings is 1. The first-order valence-electron chi connectivity index (χ1n) is 9.64. The maximum Gasteiger partial charge on any atom is 0.274 e. The minimum absolute atomic E-state index is 0.0124. The van der Waals surface area contributed by atoms with Crippen LogP contribution in [0, 0.1) is 22.7 Å². The molecular weight excluding hydrogens is 481 g/mol. The zero-order chi connectivity index (χ0) is 25.0. The molecule has 2 amide bonds. The quantitative estimate of drug-likeness (QED) is 0.527. The summed E-state index contributed by atoms with van der Waals surface area (Å²) in [5, 5.41) is 28.0. The van der Waals surface area contributed by atoms with Gasteiger partial charge in [-0.2, -0.15) is 10.5 Å². The van der Waals surface area contributed by atoms with Gasteiger partial charge >= 0.3 is 0 Å². The fourth-order valence-electron chi connectivity index (χ4n) is 2.85. The Labute approximate surface area is 204 Å². The summed E-state index contributed by atoms with van der Waals surface area (Å²) >= 11 is 12.5. The van der Waals surface area contributed by atoms with Crippen LogP contribution in [0.5, 0.6) is 5.88 Å². The van der Waals surface area contributed by atoms with E-state index in [1.54, 1.807) is 12.1 Å². The largest absolute Gasteiger partial charge is 0.480 e. The van der Waals surface area contributed by atoms with Crippen molar-refractivity contribution in [2.45, 2.75) is 19.4 Å². The van der Waals surface area contributed by atoms with E-state index in [-0.39, 0.29) is 44.3 Å². The number of rotatable bonds is 6. The second kappa shape index (κ2) is 9.79. The van der Waals surface area contributed by atoms with Gasteiger partial charge in [-0.3, -0.25) is 9.59 Å². The smallest absolute Gasteiger partial charge is 0.274 e. The van der Waals surface area contributed by atoms with Gasteiger partial charge in [0.25, 0.3) is 11.8 Å². The lowest BCUT2D eigenvalue weighted by atomic mass is 10.0. The van der Waals surface area contributed by atoms with Crippen molar-refractivity contribution in [2.24, 2.45) is 0 Å². The molecule has 0 aliphatic carbocycles. The summed E-state index contributed by atoms with van der Waals surface area (Å²) in [5.74, 6) is -1.12. The van der Waals surface area contributed by atoms with E-state index in [9.17, 15) is 20.1 Å². The van der Waals surface area contributed by atoms with Gasteiger partial charge in [0.2, 0.25) is 5.88 Å². The third kappa shape index (κ3) is 5.09. The van der Waals surface area contributed by atoms with Gasteiger partial charge in [0.15, 0.2) is 5.82 Å². The molecule has 2 aromatic heterocycles. The van der Waals surface area contributed by atoms with Crippen LogP contribution < -0.4 is 15.4 Å². The Hall–Kier alpha value is -4.12. The van der Waals surface area contributed by atoms with Gasteiger partial charge in [0.1, 0.15) is 11.2 Å². The number of hydrogen-bond acceptors (Lipinski definition) is 7. The summed E-state index contributed by atoms with van der Waals surface area (Å²) in [6.45, 7) is 3.00. The highest BCUT2D eigenvalue weighted by atomic mass is 35.5. The lowest BCUT2D eigenvalue weighted by Gasteiger charge is -2.20. The molecule has 0 saturated heterocycles. The Morgan fingerprint density at radius 3 is 2.50 bits per heavy atom. The molecule has 0 atom stereocenters. The van der Waals surface area contributed by atoms with Gasteiger partial charge in [0, 0.05) is 12.3 Å². The molecular formula is C22H17Cl2N7O3. The minimum atomic E-state index is -1.21. The fraction of sp³-hybridized carbons (Fsp3) is 0.182. The highest BCUT2D eigenvalue weighted by Crippen LogP contribution is 2.30. The van der Waals surface area contributed by atoms with E-state index < -0.39 is 17.4 Å². The minimum Gasteiger partial charge on any atom is -0.480 e. The lowest BCUT2D eigenvalue weighted by molar-refractivity contribution is 0.0930. The first kappa shape index (κ1) is 24.5. The second-order valence-corrected chi connectivity index (χ2v) is 8.24. The lowest BCUT2D eigenvalue weighted by Crippen LogP contribution is -2.42. The van der Waals surface area contributed by atoms with Crippen LogP contribution in [0.4, 0.5) is 5.69 Å². The van der Waals surface area contributed by atoms with Gasteiger partial charge in [-0.05, 0) is 38.1 Å². The predicted molar refractivity (Wildman–Crippen MR) is 124 cm³/mol. The van der Waals surface area contributed by atoms with Crippen LogP contribution in [0.1, 0.15) is 40.3 Å². The van der Waals surface area contributed by atoms with Crippen molar-refractivity contribution in [3.63, 3.8) is 0 Å². The molecule has 0 aliphatic heterocycles.